The van der Waals surface area contributed by atoms with Gasteiger partial charge in [-0.05, 0) is 24.8 Å². The minimum Gasteiger partial charge on any atom is -0.465 e. The van der Waals surface area contributed by atoms with Crippen LogP contribution in [0.1, 0.15) is 15.9 Å². The Bertz CT molecular complexity index is 363. The lowest BCUT2D eigenvalue weighted by atomic mass is 10.1. The van der Waals surface area contributed by atoms with Crippen LogP contribution >= 0.6 is 11.8 Å². The Balaban J connectivity index is 3.28. The highest BCUT2D eigenvalue weighted by Crippen LogP contribution is 2.26. The van der Waals surface area contributed by atoms with E-state index in [-0.39, 0.29) is 5.56 Å². The van der Waals surface area contributed by atoms with Crippen LogP contribution in [0, 0.1) is 12.7 Å². The molecule has 1 aromatic rings. The molecule has 0 aliphatic rings. The van der Waals surface area contributed by atoms with Gasteiger partial charge in [0.2, 0.25) is 0 Å². The van der Waals surface area contributed by atoms with Gasteiger partial charge < -0.3 is 4.74 Å². The van der Waals surface area contributed by atoms with Crippen LogP contribution in [-0.2, 0) is 4.74 Å². The van der Waals surface area contributed by atoms with Crippen molar-refractivity contribution in [3.05, 3.63) is 29.1 Å². The molecular weight excluding hydrogens is 203 g/mol. The van der Waals surface area contributed by atoms with E-state index in [4.69, 9.17) is 0 Å². The van der Waals surface area contributed by atoms with E-state index in [1.54, 1.807) is 19.2 Å². The number of carbonyl (C=O) groups is 1. The predicted molar refractivity (Wildman–Crippen MR) is 54.3 cm³/mol. The normalized spacial score (nSPS) is 10.0. The number of halogens is 1. The lowest BCUT2D eigenvalue weighted by molar-refractivity contribution is 0.0595. The Morgan fingerprint density at radius 2 is 2.14 bits per heavy atom. The first-order chi connectivity index (χ1) is 6.61. The summed E-state index contributed by atoms with van der Waals surface area (Å²) in [6, 6.07) is 3.15. The van der Waals surface area contributed by atoms with E-state index in [0.717, 1.165) is 5.56 Å². The van der Waals surface area contributed by atoms with E-state index in [0.29, 0.717) is 4.90 Å². The summed E-state index contributed by atoms with van der Waals surface area (Å²) in [4.78, 5) is 11.6. The molecule has 0 heterocycles. The van der Waals surface area contributed by atoms with Gasteiger partial charge in [0, 0.05) is 4.90 Å². The Kier molecular flexibility index (Phi) is 3.52. The molecule has 0 bridgehead atoms. The molecule has 0 N–H and O–H groups in total. The summed E-state index contributed by atoms with van der Waals surface area (Å²) >= 11 is 1.28. The van der Waals surface area contributed by atoms with E-state index in [2.05, 4.69) is 4.74 Å². The largest absolute Gasteiger partial charge is 0.465 e. The number of rotatable bonds is 2. The number of aryl methyl sites for hydroxylation is 1. The molecule has 0 fully saturated rings. The van der Waals surface area contributed by atoms with Crippen LogP contribution in [-0.4, -0.2) is 19.3 Å². The quantitative estimate of drug-likeness (QED) is 0.559. The maximum absolute atomic E-state index is 13.6. The van der Waals surface area contributed by atoms with Crippen LogP contribution in [0.4, 0.5) is 4.39 Å². The smallest absolute Gasteiger partial charge is 0.340 e. The molecule has 0 aliphatic carbocycles. The molecule has 1 aromatic carbocycles. The van der Waals surface area contributed by atoms with Gasteiger partial charge in [0.15, 0.2) is 5.82 Å². The van der Waals surface area contributed by atoms with Gasteiger partial charge in [0.05, 0.1) is 12.7 Å². The number of carbonyl (C=O) groups excluding carboxylic acids is 1. The average Bonchev–Trinajstić information content (AvgIpc) is 2.18. The summed E-state index contributed by atoms with van der Waals surface area (Å²) in [6.07, 6.45) is 1.77. The molecular formula is C10H11FO2S. The lowest BCUT2D eigenvalue weighted by Gasteiger charge is -2.07. The van der Waals surface area contributed by atoms with Crippen LogP contribution in [0.25, 0.3) is 0 Å². The molecule has 4 heteroatoms. The van der Waals surface area contributed by atoms with Gasteiger partial charge in [-0.15, -0.1) is 11.8 Å². The van der Waals surface area contributed by atoms with Crippen molar-refractivity contribution >= 4 is 17.7 Å². The number of benzene rings is 1. The third-order valence-electron chi connectivity index (χ3n) is 1.90. The number of ether oxygens (including phenoxy) is 1. The zero-order chi connectivity index (χ0) is 10.7. The van der Waals surface area contributed by atoms with Gasteiger partial charge in [-0.2, -0.15) is 0 Å². The van der Waals surface area contributed by atoms with Gasteiger partial charge in [-0.1, -0.05) is 6.07 Å². The van der Waals surface area contributed by atoms with E-state index in [1.165, 1.54) is 24.9 Å². The summed E-state index contributed by atoms with van der Waals surface area (Å²) in [5.74, 6) is -1.14. The Hall–Kier alpha value is -1.03. The summed E-state index contributed by atoms with van der Waals surface area (Å²) < 4.78 is 18.1. The molecule has 2 nitrogen and oxygen atoms in total. The first-order valence-electron chi connectivity index (χ1n) is 4.03. The molecule has 1 rings (SSSR count). The van der Waals surface area contributed by atoms with Crippen molar-refractivity contribution in [3.63, 3.8) is 0 Å². The van der Waals surface area contributed by atoms with Crippen LogP contribution in [0.2, 0.25) is 0 Å². The Labute approximate surface area is 86.5 Å². The average molecular weight is 214 g/mol. The van der Waals surface area contributed by atoms with E-state index in [9.17, 15) is 9.18 Å². The van der Waals surface area contributed by atoms with Gasteiger partial charge in [0.25, 0.3) is 0 Å². The topological polar surface area (TPSA) is 26.3 Å². The SMILES string of the molecule is COC(=O)c1ccc(C)c(SC)c1F. The Morgan fingerprint density at radius 1 is 1.50 bits per heavy atom. The van der Waals surface area contributed by atoms with Crippen LogP contribution in [0.15, 0.2) is 17.0 Å². The molecule has 0 spiro atoms. The molecule has 76 valence electrons. The van der Waals surface area contributed by atoms with Crippen LogP contribution in [0.3, 0.4) is 0 Å². The second kappa shape index (κ2) is 4.46. The maximum atomic E-state index is 13.6. The fourth-order valence-corrected chi connectivity index (χ4v) is 1.85. The highest BCUT2D eigenvalue weighted by molar-refractivity contribution is 7.98. The molecule has 14 heavy (non-hydrogen) atoms. The van der Waals surface area contributed by atoms with Crippen molar-refractivity contribution < 1.29 is 13.9 Å². The van der Waals surface area contributed by atoms with E-state index >= 15 is 0 Å². The highest BCUT2D eigenvalue weighted by atomic mass is 32.2. The van der Waals surface area contributed by atoms with Crippen molar-refractivity contribution in [1.29, 1.82) is 0 Å². The van der Waals surface area contributed by atoms with E-state index < -0.39 is 11.8 Å². The molecule has 0 saturated heterocycles. The standard InChI is InChI=1S/C10H11FO2S/c1-6-4-5-7(10(12)13-2)8(11)9(6)14-3/h4-5H,1-3H3. The van der Waals surface area contributed by atoms with E-state index in [1.807, 2.05) is 0 Å². The zero-order valence-corrected chi connectivity index (χ0v) is 9.07. The van der Waals surface area contributed by atoms with Gasteiger partial charge >= 0.3 is 5.97 Å². The fourth-order valence-electron chi connectivity index (χ4n) is 1.17. The van der Waals surface area contributed by atoms with Gasteiger partial charge in [-0.3, -0.25) is 0 Å². The molecule has 0 unspecified atom stereocenters. The number of hydrogen-bond donors (Lipinski definition) is 0. The molecule has 0 radical (unpaired) electrons. The summed E-state index contributed by atoms with van der Waals surface area (Å²) in [7, 11) is 1.24. The molecule has 0 saturated carbocycles. The van der Waals surface area contributed by atoms with Crippen molar-refractivity contribution in [3.8, 4) is 0 Å². The van der Waals surface area contributed by atoms with Crippen LogP contribution < -0.4 is 0 Å². The second-order valence-corrected chi connectivity index (χ2v) is 3.59. The number of methoxy groups -OCH3 is 1. The Morgan fingerprint density at radius 3 is 2.64 bits per heavy atom. The monoisotopic (exact) mass is 214 g/mol. The molecule has 0 atom stereocenters. The molecule has 0 amide bonds. The van der Waals surface area contributed by atoms with Crippen LogP contribution in [0.5, 0.6) is 0 Å². The highest BCUT2D eigenvalue weighted by Gasteiger charge is 2.16. The zero-order valence-electron chi connectivity index (χ0n) is 8.26. The predicted octanol–water partition coefficient (Wildman–Crippen LogP) is 2.64. The third-order valence-corrected chi connectivity index (χ3v) is 2.81. The summed E-state index contributed by atoms with van der Waals surface area (Å²) in [6.45, 7) is 1.80. The summed E-state index contributed by atoms with van der Waals surface area (Å²) in [5.41, 5.74) is 0.810. The number of thioether (sulfide) groups is 1. The van der Waals surface area contributed by atoms with Crippen molar-refractivity contribution in [2.24, 2.45) is 0 Å². The van der Waals surface area contributed by atoms with Crippen molar-refractivity contribution in [1.82, 2.24) is 0 Å². The lowest BCUT2D eigenvalue weighted by Crippen LogP contribution is -2.05. The molecule has 0 aliphatic heterocycles. The van der Waals surface area contributed by atoms with Crippen molar-refractivity contribution in [2.75, 3.05) is 13.4 Å². The third kappa shape index (κ3) is 1.90. The number of hydrogen-bond acceptors (Lipinski definition) is 3. The minimum atomic E-state index is -0.641. The van der Waals surface area contributed by atoms with Gasteiger partial charge in [0.1, 0.15) is 0 Å². The summed E-state index contributed by atoms with van der Waals surface area (Å²) in [5, 5.41) is 0. The second-order valence-electron chi connectivity index (χ2n) is 2.77. The maximum Gasteiger partial charge on any atom is 0.340 e. The fraction of sp³-hybridized carbons (Fsp3) is 0.300. The first kappa shape index (κ1) is 11.0. The van der Waals surface area contributed by atoms with Crippen molar-refractivity contribution in [2.45, 2.75) is 11.8 Å². The first-order valence-corrected chi connectivity index (χ1v) is 5.25. The number of esters is 1. The minimum absolute atomic E-state index is 0.0116. The van der Waals surface area contributed by atoms with Gasteiger partial charge in [-0.25, -0.2) is 9.18 Å². The molecule has 0 aromatic heterocycles.